The molecule has 1 rings (SSSR count). The molecule has 0 aliphatic heterocycles. The standard InChI is InChI=1S/C14H17NO2/c1-11(2)6-7-17-10-13-8-12(9-15)4-5-14(13)16-3/h4-5,8H,1,6-7,10H2,2-3H3. The van der Waals surface area contributed by atoms with E-state index >= 15 is 0 Å². The summed E-state index contributed by atoms with van der Waals surface area (Å²) in [5.41, 5.74) is 2.61. The van der Waals surface area contributed by atoms with Gasteiger partial charge in [0, 0.05) is 5.56 Å². The highest BCUT2D eigenvalue weighted by Crippen LogP contribution is 2.20. The lowest BCUT2D eigenvalue weighted by molar-refractivity contribution is 0.122. The molecule has 0 spiro atoms. The Hall–Kier alpha value is -1.79. The molecule has 3 nitrogen and oxygen atoms in total. The average molecular weight is 231 g/mol. The number of benzene rings is 1. The third-order valence-electron chi connectivity index (χ3n) is 2.34. The lowest BCUT2D eigenvalue weighted by Gasteiger charge is -2.09. The number of methoxy groups -OCH3 is 1. The van der Waals surface area contributed by atoms with Crippen LogP contribution in [0, 0.1) is 11.3 Å². The molecular weight excluding hydrogens is 214 g/mol. The van der Waals surface area contributed by atoms with E-state index in [9.17, 15) is 0 Å². The fourth-order valence-electron chi connectivity index (χ4n) is 1.39. The molecule has 0 bridgehead atoms. The minimum Gasteiger partial charge on any atom is -0.496 e. The van der Waals surface area contributed by atoms with Crippen LogP contribution >= 0.6 is 0 Å². The van der Waals surface area contributed by atoms with Crippen LogP contribution in [-0.4, -0.2) is 13.7 Å². The second-order valence-corrected chi connectivity index (χ2v) is 3.90. The summed E-state index contributed by atoms with van der Waals surface area (Å²) in [7, 11) is 1.61. The van der Waals surface area contributed by atoms with E-state index < -0.39 is 0 Å². The predicted molar refractivity (Wildman–Crippen MR) is 66.8 cm³/mol. The van der Waals surface area contributed by atoms with E-state index in [1.165, 1.54) is 0 Å². The molecule has 1 aromatic rings. The van der Waals surface area contributed by atoms with Crippen LogP contribution in [0.2, 0.25) is 0 Å². The summed E-state index contributed by atoms with van der Waals surface area (Å²) < 4.78 is 10.7. The molecule has 0 fully saturated rings. The van der Waals surface area contributed by atoms with E-state index in [2.05, 4.69) is 12.6 Å². The highest BCUT2D eigenvalue weighted by Gasteiger charge is 2.04. The van der Waals surface area contributed by atoms with E-state index in [1.54, 1.807) is 25.3 Å². The first-order valence-electron chi connectivity index (χ1n) is 5.46. The molecule has 0 aliphatic rings. The van der Waals surface area contributed by atoms with Gasteiger partial charge in [-0.25, -0.2) is 0 Å². The molecule has 3 heteroatoms. The Kier molecular flexibility index (Phi) is 5.25. The molecule has 0 atom stereocenters. The van der Waals surface area contributed by atoms with Crippen molar-refractivity contribution >= 4 is 0 Å². The van der Waals surface area contributed by atoms with Crippen LogP contribution in [-0.2, 0) is 11.3 Å². The summed E-state index contributed by atoms with van der Waals surface area (Å²) in [6, 6.07) is 7.41. The lowest BCUT2D eigenvalue weighted by Crippen LogP contribution is -1.99. The third kappa shape index (κ3) is 4.29. The van der Waals surface area contributed by atoms with Crippen LogP contribution in [0.4, 0.5) is 0 Å². The van der Waals surface area contributed by atoms with E-state index in [-0.39, 0.29) is 0 Å². The predicted octanol–water partition coefficient (Wildman–Crippen LogP) is 3.05. The maximum absolute atomic E-state index is 8.83. The molecule has 0 aliphatic carbocycles. The molecule has 0 radical (unpaired) electrons. The van der Waals surface area contributed by atoms with Gasteiger partial charge >= 0.3 is 0 Å². The first-order valence-corrected chi connectivity index (χ1v) is 5.46. The van der Waals surface area contributed by atoms with Crippen LogP contribution in [0.3, 0.4) is 0 Å². The van der Waals surface area contributed by atoms with E-state index in [4.69, 9.17) is 14.7 Å². The monoisotopic (exact) mass is 231 g/mol. The molecule has 0 saturated heterocycles. The number of nitrogens with zero attached hydrogens (tertiary/aromatic N) is 1. The Labute approximate surface area is 102 Å². The number of rotatable bonds is 6. The first-order chi connectivity index (χ1) is 8.17. The molecule has 0 heterocycles. The van der Waals surface area contributed by atoms with Crippen LogP contribution < -0.4 is 4.74 Å². The second kappa shape index (κ2) is 6.72. The molecule has 1 aromatic carbocycles. The molecule has 17 heavy (non-hydrogen) atoms. The van der Waals surface area contributed by atoms with Gasteiger partial charge < -0.3 is 9.47 Å². The van der Waals surface area contributed by atoms with Crippen molar-refractivity contribution in [3.05, 3.63) is 41.5 Å². The van der Waals surface area contributed by atoms with Crippen LogP contribution in [0.15, 0.2) is 30.4 Å². The zero-order valence-electron chi connectivity index (χ0n) is 10.3. The molecule has 0 aromatic heterocycles. The maximum atomic E-state index is 8.83. The van der Waals surface area contributed by atoms with Crippen molar-refractivity contribution in [3.8, 4) is 11.8 Å². The summed E-state index contributed by atoms with van der Waals surface area (Å²) >= 11 is 0. The number of nitriles is 1. The highest BCUT2D eigenvalue weighted by molar-refractivity contribution is 5.41. The maximum Gasteiger partial charge on any atom is 0.124 e. The van der Waals surface area contributed by atoms with Gasteiger partial charge in [-0.05, 0) is 31.5 Å². The van der Waals surface area contributed by atoms with E-state index in [1.807, 2.05) is 6.92 Å². The average Bonchev–Trinajstić information content (AvgIpc) is 2.34. The first kappa shape index (κ1) is 13.3. The summed E-state index contributed by atoms with van der Waals surface area (Å²) in [5.74, 6) is 0.749. The van der Waals surface area contributed by atoms with Gasteiger partial charge in [0.15, 0.2) is 0 Å². The van der Waals surface area contributed by atoms with Crippen molar-refractivity contribution in [2.24, 2.45) is 0 Å². The fourth-order valence-corrected chi connectivity index (χ4v) is 1.39. The minimum absolute atomic E-state index is 0.450. The number of ether oxygens (including phenoxy) is 2. The van der Waals surface area contributed by atoms with Gasteiger partial charge in [-0.1, -0.05) is 5.57 Å². The molecule has 0 unspecified atom stereocenters. The van der Waals surface area contributed by atoms with Crippen molar-refractivity contribution < 1.29 is 9.47 Å². The number of hydrogen-bond acceptors (Lipinski definition) is 3. The molecule has 0 amide bonds. The van der Waals surface area contributed by atoms with Gasteiger partial charge in [0.1, 0.15) is 5.75 Å². The Bertz CT molecular complexity index is 432. The topological polar surface area (TPSA) is 42.2 Å². The second-order valence-electron chi connectivity index (χ2n) is 3.90. The van der Waals surface area contributed by atoms with Crippen molar-refractivity contribution in [1.82, 2.24) is 0 Å². The van der Waals surface area contributed by atoms with Gasteiger partial charge in [-0.3, -0.25) is 0 Å². The van der Waals surface area contributed by atoms with Gasteiger partial charge in [-0.2, -0.15) is 5.26 Å². The smallest absolute Gasteiger partial charge is 0.124 e. The van der Waals surface area contributed by atoms with Gasteiger partial charge in [0.05, 0.1) is 32.0 Å². The SMILES string of the molecule is C=C(C)CCOCc1cc(C#N)ccc1OC. The summed E-state index contributed by atoms with van der Waals surface area (Å²) in [4.78, 5) is 0. The fraction of sp³-hybridized carbons (Fsp3) is 0.357. The van der Waals surface area contributed by atoms with Crippen molar-refractivity contribution in [2.75, 3.05) is 13.7 Å². The summed E-state index contributed by atoms with van der Waals surface area (Å²) in [5, 5.41) is 8.83. The Morgan fingerprint density at radius 2 is 2.24 bits per heavy atom. The van der Waals surface area contributed by atoms with Crippen molar-refractivity contribution in [2.45, 2.75) is 20.0 Å². The largest absolute Gasteiger partial charge is 0.496 e. The number of hydrogen-bond donors (Lipinski definition) is 0. The van der Waals surface area contributed by atoms with Gasteiger partial charge in [0.2, 0.25) is 0 Å². The highest BCUT2D eigenvalue weighted by atomic mass is 16.5. The lowest BCUT2D eigenvalue weighted by atomic mass is 10.1. The zero-order chi connectivity index (χ0) is 12.7. The molecular formula is C14H17NO2. The Balaban J connectivity index is 2.62. The third-order valence-corrected chi connectivity index (χ3v) is 2.34. The van der Waals surface area contributed by atoms with Crippen molar-refractivity contribution in [3.63, 3.8) is 0 Å². The summed E-state index contributed by atoms with van der Waals surface area (Å²) in [6.45, 7) is 6.87. The van der Waals surface area contributed by atoms with Crippen LogP contribution in [0.5, 0.6) is 5.75 Å². The van der Waals surface area contributed by atoms with Gasteiger partial charge in [0.25, 0.3) is 0 Å². The zero-order valence-corrected chi connectivity index (χ0v) is 10.3. The Morgan fingerprint density at radius 1 is 1.47 bits per heavy atom. The Morgan fingerprint density at radius 3 is 2.82 bits per heavy atom. The quantitative estimate of drug-likeness (QED) is 0.558. The van der Waals surface area contributed by atoms with Crippen LogP contribution in [0.25, 0.3) is 0 Å². The molecule has 90 valence electrons. The molecule has 0 N–H and O–H groups in total. The normalized spacial score (nSPS) is 9.71. The van der Waals surface area contributed by atoms with E-state index in [0.29, 0.717) is 18.8 Å². The van der Waals surface area contributed by atoms with Crippen molar-refractivity contribution in [1.29, 1.82) is 5.26 Å². The van der Waals surface area contributed by atoms with E-state index in [0.717, 1.165) is 23.3 Å². The van der Waals surface area contributed by atoms with Crippen LogP contribution in [0.1, 0.15) is 24.5 Å². The molecule has 0 saturated carbocycles. The summed E-state index contributed by atoms with van der Waals surface area (Å²) in [6.07, 6.45) is 0.847. The van der Waals surface area contributed by atoms with Gasteiger partial charge in [-0.15, -0.1) is 6.58 Å². The minimum atomic E-state index is 0.450.